The van der Waals surface area contributed by atoms with Crippen LogP contribution in [-0.4, -0.2) is 11.7 Å². The second kappa shape index (κ2) is 4.63. The molecule has 3 fully saturated rings. The molecule has 0 radical (unpaired) electrons. The zero-order valence-corrected chi connectivity index (χ0v) is 14.5. The van der Waals surface area contributed by atoms with Gasteiger partial charge in [-0.05, 0) is 74.3 Å². The maximum atomic E-state index is 6.20. The van der Waals surface area contributed by atoms with Gasteiger partial charge in [-0.3, -0.25) is 0 Å². The first kappa shape index (κ1) is 14.8. The largest absolute Gasteiger partial charge is 0.472 e. The van der Waals surface area contributed by atoms with Gasteiger partial charge in [-0.1, -0.05) is 20.8 Å². The molecule has 6 unspecified atom stereocenters. The van der Waals surface area contributed by atoms with Gasteiger partial charge >= 0.3 is 0 Å². The first-order valence-corrected chi connectivity index (χ1v) is 9.09. The second-order valence-electron chi connectivity index (χ2n) is 8.84. The molecular weight excluding hydrogens is 272 g/mol. The maximum absolute atomic E-state index is 6.20. The summed E-state index contributed by atoms with van der Waals surface area (Å²) in [7, 11) is 0. The lowest BCUT2D eigenvalue weighted by Gasteiger charge is -2.59. The molecule has 0 spiro atoms. The molecule has 2 heteroatoms. The molecule has 0 bridgehead atoms. The molecule has 122 valence electrons. The van der Waals surface area contributed by atoms with Crippen LogP contribution in [0.4, 0.5) is 0 Å². The summed E-state index contributed by atoms with van der Waals surface area (Å²) in [6, 6.07) is 2.12. The number of furan rings is 1. The fraction of sp³-hybridized carbons (Fsp3) is 0.800. The van der Waals surface area contributed by atoms with Crippen LogP contribution in [0.2, 0.25) is 0 Å². The van der Waals surface area contributed by atoms with Gasteiger partial charge in [0.05, 0.1) is 24.2 Å². The standard InChI is InChI=1S/C20H30O2/c1-14-7-11-19(3)16(5-6-17-20(19,4)22-17)18(14,2)10-8-15-9-12-21-13-15/h9,12-14,16-17H,5-8,10-11H2,1-4H3. The minimum absolute atomic E-state index is 0.160. The molecule has 1 saturated heterocycles. The number of ether oxygens (including phenoxy) is 1. The molecule has 1 aromatic heterocycles. The average Bonchev–Trinajstić information content (AvgIpc) is 2.95. The Morgan fingerprint density at radius 3 is 2.73 bits per heavy atom. The first-order chi connectivity index (χ1) is 10.4. The molecule has 6 atom stereocenters. The van der Waals surface area contributed by atoms with E-state index in [1.165, 1.54) is 37.7 Å². The van der Waals surface area contributed by atoms with Crippen LogP contribution in [0.25, 0.3) is 0 Å². The summed E-state index contributed by atoms with van der Waals surface area (Å²) in [5.74, 6) is 1.59. The Hall–Kier alpha value is -0.760. The number of rotatable bonds is 3. The highest BCUT2D eigenvalue weighted by atomic mass is 16.6. The van der Waals surface area contributed by atoms with E-state index in [4.69, 9.17) is 9.15 Å². The van der Waals surface area contributed by atoms with Gasteiger partial charge in [0.2, 0.25) is 0 Å². The molecule has 2 heterocycles. The van der Waals surface area contributed by atoms with E-state index >= 15 is 0 Å². The number of hydrogen-bond donors (Lipinski definition) is 0. The molecule has 2 nitrogen and oxygen atoms in total. The summed E-state index contributed by atoms with van der Waals surface area (Å²) >= 11 is 0. The van der Waals surface area contributed by atoms with E-state index in [0.29, 0.717) is 16.9 Å². The molecule has 4 rings (SSSR count). The molecule has 1 aliphatic heterocycles. The summed E-state index contributed by atoms with van der Waals surface area (Å²) in [5, 5.41) is 0. The first-order valence-electron chi connectivity index (χ1n) is 9.09. The maximum Gasteiger partial charge on any atom is 0.0976 e. The van der Waals surface area contributed by atoms with Gasteiger partial charge in [-0.15, -0.1) is 0 Å². The van der Waals surface area contributed by atoms with Crippen molar-refractivity contribution in [1.82, 2.24) is 0 Å². The van der Waals surface area contributed by atoms with Crippen LogP contribution >= 0.6 is 0 Å². The summed E-state index contributed by atoms with van der Waals surface area (Å²) in [6.07, 6.45) is 12.0. The Morgan fingerprint density at radius 2 is 2.00 bits per heavy atom. The Balaban J connectivity index is 1.61. The normalized spacial score (nSPS) is 50.3. The van der Waals surface area contributed by atoms with E-state index in [1.54, 1.807) is 6.26 Å². The zero-order valence-electron chi connectivity index (χ0n) is 14.5. The minimum atomic E-state index is 0.160. The van der Waals surface area contributed by atoms with Gasteiger partial charge in [0, 0.05) is 5.41 Å². The minimum Gasteiger partial charge on any atom is -0.472 e. The van der Waals surface area contributed by atoms with Crippen molar-refractivity contribution in [3.8, 4) is 0 Å². The van der Waals surface area contributed by atoms with E-state index in [-0.39, 0.29) is 5.60 Å². The van der Waals surface area contributed by atoms with Crippen molar-refractivity contribution in [2.75, 3.05) is 0 Å². The van der Waals surface area contributed by atoms with E-state index < -0.39 is 0 Å². The second-order valence-corrected chi connectivity index (χ2v) is 8.84. The van der Waals surface area contributed by atoms with Crippen LogP contribution in [0.3, 0.4) is 0 Å². The molecule has 22 heavy (non-hydrogen) atoms. The molecule has 3 aliphatic rings. The van der Waals surface area contributed by atoms with Gasteiger partial charge in [0.25, 0.3) is 0 Å². The van der Waals surface area contributed by atoms with Gasteiger partial charge in [-0.25, -0.2) is 0 Å². The highest BCUT2D eigenvalue weighted by Crippen LogP contribution is 2.70. The van der Waals surface area contributed by atoms with Crippen LogP contribution < -0.4 is 0 Å². The molecule has 2 aliphatic carbocycles. The van der Waals surface area contributed by atoms with Crippen molar-refractivity contribution in [2.24, 2.45) is 22.7 Å². The monoisotopic (exact) mass is 302 g/mol. The van der Waals surface area contributed by atoms with Gasteiger partial charge in [-0.2, -0.15) is 0 Å². The lowest BCUT2D eigenvalue weighted by Crippen LogP contribution is -2.56. The Bertz CT molecular complexity index is 550. The van der Waals surface area contributed by atoms with Crippen molar-refractivity contribution >= 4 is 0 Å². The van der Waals surface area contributed by atoms with Gasteiger partial charge in [0.1, 0.15) is 0 Å². The van der Waals surface area contributed by atoms with Crippen molar-refractivity contribution in [3.63, 3.8) is 0 Å². The Morgan fingerprint density at radius 1 is 1.18 bits per heavy atom. The smallest absolute Gasteiger partial charge is 0.0976 e. The fourth-order valence-electron chi connectivity index (χ4n) is 6.02. The Kier molecular flexibility index (Phi) is 3.11. The molecule has 0 amide bonds. The molecule has 0 aromatic carbocycles. The summed E-state index contributed by atoms with van der Waals surface area (Å²) < 4.78 is 11.5. The quantitative estimate of drug-likeness (QED) is 0.715. The third kappa shape index (κ3) is 1.82. The van der Waals surface area contributed by atoms with Crippen molar-refractivity contribution < 1.29 is 9.15 Å². The molecule has 2 saturated carbocycles. The topological polar surface area (TPSA) is 25.7 Å². The van der Waals surface area contributed by atoms with Crippen molar-refractivity contribution in [2.45, 2.75) is 77.9 Å². The summed E-state index contributed by atoms with van der Waals surface area (Å²) in [4.78, 5) is 0. The van der Waals surface area contributed by atoms with Crippen LogP contribution in [0.1, 0.15) is 65.4 Å². The van der Waals surface area contributed by atoms with E-state index in [0.717, 1.165) is 18.3 Å². The highest BCUT2D eigenvalue weighted by molar-refractivity contribution is 5.20. The van der Waals surface area contributed by atoms with Crippen LogP contribution in [0.5, 0.6) is 0 Å². The predicted octanol–water partition coefficient (Wildman–Crippen LogP) is 5.22. The zero-order chi connectivity index (χ0) is 15.6. The lowest BCUT2D eigenvalue weighted by molar-refractivity contribution is -0.102. The number of aryl methyl sites for hydroxylation is 1. The number of epoxide rings is 1. The van der Waals surface area contributed by atoms with E-state index in [9.17, 15) is 0 Å². The number of hydrogen-bond acceptors (Lipinski definition) is 2. The fourth-order valence-corrected chi connectivity index (χ4v) is 6.02. The molecule has 1 aromatic rings. The highest BCUT2D eigenvalue weighted by Gasteiger charge is 2.71. The van der Waals surface area contributed by atoms with Crippen LogP contribution in [-0.2, 0) is 11.2 Å². The predicted molar refractivity (Wildman–Crippen MR) is 87.6 cm³/mol. The van der Waals surface area contributed by atoms with E-state index in [2.05, 4.69) is 33.8 Å². The van der Waals surface area contributed by atoms with Crippen LogP contribution in [0, 0.1) is 22.7 Å². The number of fused-ring (bicyclic) bond motifs is 3. The third-order valence-electron chi connectivity index (χ3n) is 8.12. The third-order valence-corrected chi connectivity index (χ3v) is 8.12. The Labute approximate surface area is 134 Å². The van der Waals surface area contributed by atoms with Gasteiger partial charge < -0.3 is 9.15 Å². The molecular formula is C20H30O2. The van der Waals surface area contributed by atoms with E-state index in [1.807, 2.05) is 6.26 Å². The van der Waals surface area contributed by atoms with Crippen molar-refractivity contribution in [1.29, 1.82) is 0 Å². The van der Waals surface area contributed by atoms with Crippen LogP contribution in [0.15, 0.2) is 23.0 Å². The lowest BCUT2D eigenvalue weighted by atomic mass is 9.44. The van der Waals surface area contributed by atoms with Crippen molar-refractivity contribution in [3.05, 3.63) is 24.2 Å². The van der Waals surface area contributed by atoms with Gasteiger partial charge in [0.15, 0.2) is 0 Å². The SMILES string of the molecule is CC1CCC2(C)C(CCC3OC32C)C1(C)CCc1ccoc1. The molecule has 0 N–H and O–H groups in total. The summed E-state index contributed by atoms with van der Waals surface area (Å²) in [6.45, 7) is 9.96. The summed E-state index contributed by atoms with van der Waals surface area (Å²) in [5.41, 5.74) is 2.30. The average molecular weight is 302 g/mol.